The van der Waals surface area contributed by atoms with Crippen molar-refractivity contribution in [2.45, 2.75) is 32.6 Å². The number of ether oxygens (including phenoxy) is 2. The Morgan fingerprint density at radius 3 is 2.36 bits per heavy atom. The molecule has 4 rings (SSSR count). The maximum atomic E-state index is 13.4. The molecule has 1 fully saturated rings. The molecule has 1 saturated heterocycles. The van der Waals surface area contributed by atoms with Crippen LogP contribution in [0.15, 0.2) is 42.6 Å². The fourth-order valence-electron chi connectivity index (χ4n) is 4.25. The van der Waals surface area contributed by atoms with E-state index in [1.54, 1.807) is 32.5 Å². The van der Waals surface area contributed by atoms with Gasteiger partial charge in [0.25, 0.3) is 5.91 Å². The van der Waals surface area contributed by atoms with Crippen LogP contribution in [0.4, 0.5) is 11.6 Å². The maximum Gasteiger partial charge on any atom is 0.261 e. The van der Waals surface area contributed by atoms with Gasteiger partial charge in [0, 0.05) is 36.1 Å². The van der Waals surface area contributed by atoms with Crippen LogP contribution >= 0.6 is 0 Å². The van der Waals surface area contributed by atoms with Gasteiger partial charge in [-0.25, -0.2) is 9.97 Å². The molecule has 8 heteroatoms. The summed E-state index contributed by atoms with van der Waals surface area (Å²) in [7, 11) is 3.13. The van der Waals surface area contributed by atoms with E-state index >= 15 is 0 Å². The highest BCUT2D eigenvalue weighted by Gasteiger charge is 2.29. The zero-order chi connectivity index (χ0) is 23.4. The molecule has 2 aromatic heterocycles. The molecule has 172 valence electrons. The topological polar surface area (TPSA) is 89.5 Å². The predicted molar refractivity (Wildman–Crippen MR) is 126 cm³/mol. The normalized spacial score (nSPS) is 15.8. The first-order valence-corrected chi connectivity index (χ1v) is 11.0. The number of nitrogens with one attached hydrogen (secondary N) is 1. The summed E-state index contributed by atoms with van der Waals surface area (Å²) in [5, 5.41) is 3.21. The molecule has 1 N–H and O–H groups in total. The van der Waals surface area contributed by atoms with Crippen LogP contribution in [0.25, 0.3) is 0 Å². The highest BCUT2D eigenvalue weighted by atomic mass is 16.5. The third-order valence-corrected chi connectivity index (χ3v) is 5.79. The molecule has 33 heavy (non-hydrogen) atoms. The van der Waals surface area contributed by atoms with Gasteiger partial charge >= 0.3 is 0 Å². The van der Waals surface area contributed by atoms with Crippen molar-refractivity contribution >= 4 is 17.5 Å². The molecule has 0 bridgehead atoms. The molecule has 0 saturated carbocycles. The van der Waals surface area contributed by atoms with Gasteiger partial charge in [-0.15, -0.1) is 0 Å². The molecule has 0 unspecified atom stereocenters. The summed E-state index contributed by atoms with van der Waals surface area (Å²) in [6.07, 6.45) is 3.68. The largest absolute Gasteiger partial charge is 0.496 e. The number of hydrogen-bond acceptors (Lipinski definition) is 7. The van der Waals surface area contributed by atoms with Gasteiger partial charge in [-0.3, -0.25) is 9.78 Å². The molecule has 8 nitrogen and oxygen atoms in total. The van der Waals surface area contributed by atoms with Gasteiger partial charge in [-0.05, 0) is 57.0 Å². The molecule has 1 amide bonds. The van der Waals surface area contributed by atoms with Gasteiger partial charge in [0.1, 0.15) is 17.1 Å². The summed E-state index contributed by atoms with van der Waals surface area (Å²) in [6.45, 7) is 5.18. The summed E-state index contributed by atoms with van der Waals surface area (Å²) in [6, 6.07) is 11.3. The van der Waals surface area contributed by atoms with Crippen LogP contribution in [0.3, 0.4) is 0 Å². The monoisotopic (exact) mass is 447 g/mol. The molecular weight excluding hydrogens is 418 g/mol. The van der Waals surface area contributed by atoms with Crippen LogP contribution in [-0.2, 0) is 0 Å². The van der Waals surface area contributed by atoms with E-state index in [1.165, 1.54) is 0 Å². The fraction of sp³-hybridized carbons (Fsp3) is 0.360. The summed E-state index contributed by atoms with van der Waals surface area (Å²) < 4.78 is 10.9. The number of aromatic nitrogens is 3. The van der Waals surface area contributed by atoms with E-state index in [9.17, 15) is 4.79 Å². The molecule has 1 atom stereocenters. The quantitative estimate of drug-likeness (QED) is 0.604. The van der Waals surface area contributed by atoms with Crippen LogP contribution in [0, 0.1) is 13.8 Å². The standard InChI is InChI=1S/C25H29N5O3/c1-16-13-17(2)28-25(27-16)29-19-10-11-20(26-14-19)18-7-6-12-30(15-18)24(31)23-21(32-3)8-5-9-22(23)33-4/h5,8-11,13-14,18H,6-7,12,15H2,1-4H3,(H,27,28,29)/t18-/m0/s1. The number of aryl methyl sites for hydroxylation is 2. The van der Waals surface area contributed by atoms with Gasteiger partial charge in [0.15, 0.2) is 0 Å². The lowest BCUT2D eigenvalue weighted by Crippen LogP contribution is -2.39. The predicted octanol–water partition coefficient (Wildman–Crippen LogP) is 4.27. The molecule has 1 aliphatic heterocycles. The van der Waals surface area contributed by atoms with Gasteiger partial charge < -0.3 is 19.7 Å². The van der Waals surface area contributed by atoms with Crippen LogP contribution in [0.1, 0.15) is 46.2 Å². The van der Waals surface area contributed by atoms with Gasteiger partial charge in [0.05, 0.1) is 26.1 Å². The second kappa shape index (κ2) is 9.85. The molecule has 3 aromatic rings. The van der Waals surface area contributed by atoms with Gasteiger partial charge in [-0.2, -0.15) is 0 Å². The third-order valence-electron chi connectivity index (χ3n) is 5.79. The number of hydrogen-bond donors (Lipinski definition) is 1. The lowest BCUT2D eigenvalue weighted by atomic mass is 9.93. The van der Waals surface area contributed by atoms with Crippen LogP contribution < -0.4 is 14.8 Å². The maximum absolute atomic E-state index is 13.4. The Hall–Kier alpha value is -3.68. The molecule has 0 radical (unpaired) electrons. The third kappa shape index (κ3) is 5.05. The lowest BCUT2D eigenvalue weighted by Gasteiger charge is -2.33. The molecule has 0 spiro atoms. The zero-order valence-corrected chi connectivity index (χ0v) is 19.5. The van der Waals surface area contributed by atoms with E-state index in [0.717, 1.165) is 35.6 Å². The lowest BCUT2D eigenvalue weighted by molar-refractivity contribution is 0.0699. The Morgan fingerprint density at radius 2 is 1.76 bits per heavy atom. The van der Waals surface area contributed by atoms with Crippen molar-refractivity contribution in [1.29, 1.82) is 0 Å². The second-order valence-electron chi connectivity index (χ2n) is 8.20. The summed E-state index contributed by atoms with van der Waals surface area (Å²) in [5.74, 6) is 1.67. The number of rotatable bonds is 6. The number of piperidine rings is 1. The first-order chi connectivity index (χ1) is 16.0. The number of nitrogens with zero attached hydrogens (tertiary/aromatic N) is 4. The van der Waals surface area contributed by atoms with Crippen LogP contribution in [0.2, 0.25) is 0 Å². The molecule has 3 heterocycles. The average molecular weight is 448 g/mol. The van der Waals surface area contributed by atoms with E-state index < -0.39 is 0 Å². The van der Waals surface area contributed by atoms with E-state index in [2.05, 4.69) is 20.3 Å². The second-order valence-corrected chi connectivity index (χ2v) is 8.20. The van der Waals surface area contributed by atoms with Crippen LogP contribution in [-0.4, -0.2) is 53.1 Å². The Morgan fingerprint density at radius 1 is 1.06 bits per heavy atom. The van der Waals surface area contributed by atoms with Crippen LogP contribution in [0.5, 0.6) is 11.5 Å². The summed E-state index contributed by atoms with van der Waals surface area (Å²) >= 11 is 0. The summed E-state index contributed by atoms with van der Waals surface area (Å²) in [5.41, 5.74) is 4.07. The molecule has 0 aliphatic carbocycles. The Balaban J connectivity index is 1.48. The minimum Gasteiger partial charge on any atom is -0.496 e. The first kappa shape index (κ1) is 22.5. The Bertz CT molecular complexity index is 1090. The molecular formula is C25H29N5O3. The number of pyridine rings is 1. The highest BCUT2D eigenvalue weighted by Crippen LogP contribution is 2.33. The fourth-order valence-corrected chi connectivity index (χ4v) is 4.25. The van der Waals surface area contributed by atoms with Crippen molar-refractivity contribution < 1.29 is 14.3 Å². The number of likely N-dealkylation sites (tertiary alicyclic amines) is 1. The van der Waals surface area contributed by atoms with Crippen molar-refractivity contribution in [3.8, 4) is 11.5 Å². The number of carbonyl (C=O) groups is 1. The average Bonchev–Trinajstić information content (AvgIpc) is 2.83. The Labute approximate surface area is 194 Å². The van der Waals surface area contributed by atoms with Gasteiger partial charge in [-0.1, -0.05) is 6.07 Å². The molecule has 1 aliphatic rings. The number of methoxy groups -OCH3 is 2. The van der Waals surface area contributed by atoms with Crippen molar-refractivity contribution in [2.24, 2.45) is 0 Å². The van der Waals surface area contributed by atoms with Crippen molar-refractivity contribution in [3.63, 3.8) is 0 Å². The number of carbonyl (C=O) groups excluding carboxylic acids is 1. The van der Waals surface area contributed by atoms with E-state index in [4.69, 9.17) is 9.47 Å². The van der Waals surface area contributed by atoms with E-state index in [-0.39, 0.29) is 11.8 Å². The van der Waals surface area contributed by atoms with Gasteiger partial charge in [0.2, 0.25) is 5.95 Å². The van der Waals surface area contributed by atoms with E-state index in [0.29, 0.717) is 36.1 Å². The molecule has 1 aromatic carbocycles. The van der Waals surface area contributed by atoms with E-state index in [1.807, 2.05) is 43.0 Å². The number of amides is 1. The summed E-state index contributed by atoms with van der Waals surface area (Å²) in [4.78, 5) is 28.7. The van der Waals surface area contributed by atoms with Crippen molar-refractivity contribution in [1.82, 2.24) is 19.9 Å². The number of anilines is 2. The van der Waals surface area contributed by atoms with Crippen molar-refractivity contribution in [2.75, 3.05) is 32.6 Å². The SMILES string of the molecule is COc1cccc(OC)c1C(=O)N1CCC[C@H](c2ccc(Nc3nc(C)cc(C)n3)cn2)C1. The first-order valence-electron chi connectivity index (χ1n) is 11.0. The van der Waals surface area contributed by atoms with Crippen molar-refractivity contribution in [3.05, 3.63) is 65.2 Å². The number of benzene rings is 1. The smallest absolute Gasteiger partial charge is 0.261 e. The zero-order valence-electron chi connectivity index (χ0n) is 19.5. The minimum atomic E-state index is -0.0840. The Kier molecular flexibility index (Phi) is 6.72. The minimum absolute atomic E-state index is 0.0840. The highest BCUT2D eigenvalue weighted by molar-refractivity contribution is 5.99.